The monoisotopic (exact) mass is 360 g/mol. The van der Waals surface area contributed by atoms with Crippen LogP contribution in [0.1, 0.15) is 46.1 Å². The summed E-state index contributed by atoms with van der Waals surface area (Å²) in [6.07, 6.45) is 0.718. The van der Waals surface area contributed by atoms with Gasteiger partial charge in [-0.25, -0.2) is 4.99 Å². The van der Waals surface area contributed by atoms with Crippen LogP contribution in [0, 0.1) is 0 Å². The second-order valence-corrected chi connectivity index (χ2v) is 7.19. The van der Waals surface area contributed by atoms with E-state index in [1.165, 1.54) is 13.8 Å². The summed E-state index contributed by atoms with van der Waals surface area (Å²) < 4.78 is 0. The van der Waals surface area contributed by atoms with Gasteiger partial charge in [0, 0.05) is 0 Å². The van der Waals surface area contributed by atoms with Crippen LogP contribution in [-0.4, -0.2) is 35.5 Å². The Morgan fingerprint density at radius 2 is 1.65 bits per heavy atom. The zero-order valence-electron chi connectivity index (χ0n) is 15.8. The van der Waals surface area contributed by atoms with Crippen LogP contribution in [0.2, 0.25) is 0 Å². The highest BCUT2D eigenvalue weighted by atomic mass is 16.2. The zero-order valence-corrected chi connectivity index (χ0v) is 15.8. The number of nitrogens with zero attached hydrogens (tertiary/aromatic N) is 1. The van der Waals surface area contributed by atoms with Gasteiger partial charge >= 0.3 is 0 Å². The second kappa shape index (κ2) is 8.71. The lowest BCUT2D eigenvalue weighted by Crippen LogP contribution is -2.54. The molecule has 26 heavy (non-hydrogen) atoms. The number of nitrogens with two attached hydrogens (primary N) is 2. The van der Waals surface area contributed by atoms with E-state index in [9.17, 15) is 14.4 Å². The van der Waals surface area contributed by atoms with Crippen molar-refractivity contribution in [3.63, 3.8) is 0 Å². The van der Waals surface area contributed by atoms with Crippen LogP contribution in [0.3, 0.4) is 0 Å². The van der Waals surface area contributed by atoms with E-state index in [4.69, 9.17) is 11.5 Å². The van der Waals surface area contributed by atoms with Gasteiger partial charge in [-0.3, -0.25) is 14.4 Å². The zero-order chi connectivity index (χ0) is 20.0. The maximum atomic E-state index is 12.8. The third-order valence-corrected chi connectivity index (χ3v) is 4.19. The molecule has 0 unspecified atom stereocenters. The first-order chi connectivity index (χ1) is 12.0. The number of primary amides is 1. The van der Waals surface area contributed by atoms with Gasteiger partial charge in [-0.2, -0.15) is 0 Å². The third-order valence-electron chi connectivity index (χ3n) is 4.19. The molecule has 0 spiro atoms. The summed E-state index contributed by atoms with van der Waals surface area (Å²) in [5.74, 6) is -1.72. The molecule has 0 aromatic heterocycles. The van der Waals surface area contributed by atoms with Crippen molar-refractivity contribution in [3.05, 3.63) is 35.9 Å². The fraction of sp³-hybridized carbons (Fsp3) is 0.474. The Morgan fingerprint density at radius 3 is 2.15 bits per heavy atom. The number of carbonyl (C=O) groups is 3. The highest BCUT2D eigenvalue weighted by molar-refractivity contribution is 6.41. The molecule has 0 saturated heterocycles. The van der Waals surface area contributed by atoms with Crippen molar-refractivity contribution in [2.24, 2.45) is 16.5 Å². The van der Waals surface area contributed by atoms with Crippen LogP contribution in [0.4, 0.5) is 0 Å². The molecule has 0 atom stereocenters. The summed E-state index contributed by atoms with van der Waals surface area (Å²) in [5.41, 5.74) is 9.49. The maximum Gasteiger partial charge on any atom is 0.266 e. The minimum absolute atomic E-state index is 0.0405. The van der Waals surface area contributed by atoms with Crippen LogP contribution < -0.4 is 16.8 Å². The van der Waals surface area contributed by atoms with E-state index in [-0.39, 0.29) is 12.1 Å². The number of hydrogen-bond donors (Lipinski definition) is 3. The molecule has 0 aliphatic rings. The molecule has 1 aromatic rings. The number of rotatable bonds is 8. The van der Waals surface area contributed by atoms with Gasteiger partial charge in [-0.1, -0.05) is 30.3 Å². The molecule has 3 amide bonds. The molecule has 142 valence electrons. The first-order valence-corrected chi connectivity index (χ1v) is 8.52. The van der Waals surface area contributed by atoms with Gasteiger partial charge in [0.1, 0.15) is 11.3 Å². The lowest BCUT2D eigenvalue weighted by atomic mass is 9.84. The van der Waals surface area contributed by atoms with Gasteiger partial charge in [-0.15, -0.1) is 0 Å². The smallest absolute Gasteiger partial charge is 0.266 e. The van der Waals surface area contributed by atoms with E-state index in [1.807, 2.05) is 30.3 Å². The lowest BCUT2D eigenvalue weighted by molar-refractivity contribution is -0.127. The van der Waals surface area contributed by atoms with Crippen LogP contribution in [0.5, 0.6) is 0 Å². The third kappa shape index (κ3) is 5.49. The van der Waals surface area contributed by atoms with Crippen molar-refractivity contribution in [1.29, 1.82) is 0 Å². The van der Waals surface area contributed by atoms with Crippen LogP contribution in [0.15, 0.2) is 35.3 Å². The molecule has 0 heterocycles. The van der Waals surface area contributed by atoms with E-state index >= 15 is 0 Å². The predicted molar refractivity (Wildman–Crippen MR) is 102 cm³/mol. The van der Waals surface area contributed by atoms with Gasteiger partial charge in [0.15, 0.2) is 0 Å². The largest absolute Gasteiger partial charge is 0.368 e. The summed E-state index contributed by atoms with van der Waals surface area (Å²) in [5, 5.41) is 2.52. The minimum atomic E-state index is -1.25. The fourth-order valence-electron chi connectivity index (χ4n) is 2.15. The number of carbonyl (C=O) groups excluding carboxylic acids is 3. The summed E-state index contributed by atoms with van der Waals surface area (Å²) >= 11 is 0. The van der Waals surface area contributed by atoms with E-state index in [1.54, 1.807) is 13.8 Å². The first-order valence-electron chi connectivity index (χ1n) is 8.52. The highest BCUT2D eigenvalue weighted by Crippen LogP contribution is 2.24. The molecule has 7 nitrogen and oxygen atoms in total. The van der Waals surface area contributed by atoms with E-state index < -0.39 is 28.7 Å². The van der Waals surface area contributed by atoms with Crippen LogP contribution in [0.25, 0.3) is 0 Å². The van der Waals surface area contributed by atoms with Crippen LogP contribution >= 0.6 is 0 Å². The van der Waals surface area contributed by atoms with Crippen molar-refractivity contribution < 1.29 is 14.4 Å². The Kier molecular flexibility index (Phi) is 7.20. The Morgan fingerprint density at radius 1 is 1.08 bits per heavy atom. The number of amides is 3. The quantitative estimate of drug-likeness (QED) is 0.599. The van der Waals surface area contributed by atoms with Crippen LogP contribution in [-0.2, 0) is 19.8 Å². The van der Waals surface area contributed by atoms with Crippen molar-refractivity contribution in [2.45, 2.75) is 51.5 Å². The topological polar surface area (TPSA) is 128 Å². The Bertz CT molecular complexity index is 694. The molecule has 5 N–H and O–H groups in total. The van der Waals surface area contributed by atoms with Crippen molar-refractivity contribution in [1.82, 2.24) is 5.32 Å². The van der Waals surface area contributed by atoms with E-state index in [0.29, 0.717) is 13.0 Å². The van der Waals surface area contributed by atoms with Crippen molar-refractivity contribution >= 4 is 23.4 Å². The molecule has 0 saturated carbocycles. The van der Waals surface area contributed by atoms with Gasteiger partial charge in [0.05, 0.1) is 5.41 Å². The lowest BCUT2D eigenvalue weighted by Gasteiger charge is -2.24. The number of aliphatic imine (C=N–C) groups is 1. The molecule has 0 aliphatic carbocycles. The van der Waals surface area contributed by atoms with E-state index in [0.717, 1.165) is 5.56 Å². The molecular weight excluding hydrogens is 332 g/mol. The number of benzene rings is 1. The fourth-order valence-corrected chi connectivity index (χ4v) is 2.15. The van der Waals surface area contributed by atoms with Gasteiger partial charge in [0.2, 0.25) is 5.91 Å². The Hall–Kier alpha value is -2.54. The van der Waals surface area contributed by atoms with Gasteiger partial charge < -0.3 is 16.8 Å². The average Bonchev–Trinajstić information content (AvgIpc) is 2.58. The first kappa shape index (κ1) is 21.5. The summed E-state index contributed by atoms with van der Waals surface area (Å²) in [6.45, 7) is 6.83. The number of nitrogens with one attached hydrogen (secondary N) is 1. The molecular formula is C19H28N4O3. The standard InChI is InChI=1S/C19H28N4O3/c1-18(2,13-9-6-5-7-10-13)17(26)22-14(11-8-12-20)15(24)23-19(3,4)16(21)25/h5-7,9-10H,8,11-12,20H2,1-4H3,(H2,21,25)(H,23,24)/b22-14+. The minimum Gasteiger partial charge on any atom is -0.368 e. The summed E-state index contributed by atoms with van der Waals surface area (Å²) in [6, 6.07) is 9.21. The molecule has 1 rings (SSSR count). The van der Waals surface area contributed by atoms with Gasteiger partial charge in [0.25, 0.3) is 11.8 Å². The van der Waals surface area contributed by atoms with E-state index in [2.05, 4.69) is 10.3 Å². The van der Waals surface area contributed by atoms with Crippen molar-refractivity contribution in [3.8, 4) is 0 Å². The van der Waals surface area contributed by atoms with Gasteiger partial charge in [-0.05, 0) is 52.6 Å². The molecule has 0 fully saturated rings. The normalized spacial score (nSPS) is 12.6. The molecule has 0 aliphatic heterocycles. The predicted octanol–water partition coefficient (Wildman–Crippen LogP) is 1.05. The Labute approximate surface area is 154 Å². The molecule has 0 radical (unpaired) electrons. The Balaban J connectivity index is 3.12. The summed E-state index contributed by atoms with van der Waals surface area (Å²) in [4.78, 5) is 40.8. The molecule has 1 aromatic carbocycles. The summed E-state index contributed by atoms with van der Waals surface area (Å²) in [7, 11) is 0. The average molecular weight is 360 g/mol. The molecule has 0 bridgehead atoms. The maximum absolute atomic E-state index is 12.8. The molecule has 7 heteroatoms. The number of hydrogen-bond acceptors (Lipinski definition) is 4. The van der Waals surface area contributed by atoms with Crippen molar-refractivity contribution in [2.75, 3.05) is 6.54 Å². The second-order valence-electron chi connectivity index (χ2n) is 7.19. The highest BCUT2D eigenvalue weighted by Gasteiger charge is 2.32. The SMILES string of the molecule is CC(C)(NC(=O)/C(CCCN)=N/C(=O)C(C)(C)c1ccccc1)C(N)=O.